The summed E-state index contributed by atoms with van der Waals surface area (Å²) in [5.41, 5.74) is -0.643. The lowest BCUT2D eigenvalue weighted by atomic mass is 9.96. The van der Waals surface area contributed by atoms with E-state index >= 15 is 0 Å². The number of piperazine rings is 1. The fourth-order valence-corrected chi connectivity index (χ4v) is 2.49. The molecule has 102 valence electrons. The van der Waals surface area contributed by atoms with Crippen LogP contribution in [-0.2, 0) is 9.59 Å². The molecule has 6 heteroatoms. The van der Waals surface area contributed by atoms with Gasteiger partial charge in [0.05, 0.1) is 5.69 Å². The van der Waals surface area contributed by atoms with Crippen LogP contribution < -0.4 is 10.2 Å². The quantitative estimate of drug-likeness (QED) is 0.859. The first-order valence-corrected chi connectivity index (χ1v) is 6.64. The highest BCUT2D eigenvalue weighted by atomic mass is 79.9. The predicted octanol–water partition coefficient (Wildman–Crippen LogP) is 2.22. The van der Waals surface area contributed by atoms with Crippen LogP contribution in [0.15, 0.2) is 22.7 Å². The van der Waals surface area contributed by atoms with Crippen LogP contribution in [0.2, 0.25) is 0 Å². The minimum absolute atomic E-state index is 0.263. The summed E-state index contributed by atoms with van der Waals surface area (Å²) in [6, 6.07) is 3.37. The first kappa shape index (κ1) is 14.0. The van der Waals surface area contributed by atoms with E-state index in [2.05, 4.69) is 21.2 Å². The molecular formula is C13H14BrFN2O2. The Kier molecular flexibility index (Phi) is 3.38. The van der Waals surface area contributed by atoms with Crippen LogP contribution in [0.5, 0.6) is 0 Å². The second-order valence-corrected chi connectivity index (χ2v) is 5.92. The van der Waals surface area contributed by atoms with Crippen molar-refractivity contribution in [3.05, 3.63) is 28.5 Å². The second-order valence-electron chi connectivity index (χ2n) is 5.06. The standard InChI is InChI=1S/C13H14BrFN2O2/c1-7-11(18)16-13(2,3)12(19)17(7)10-6-8(15)4-5-9(10)14/h4-7H,1-3H3,(H,16,18). The zero-order chi connectivity index (χ0) is 14.4. The van der Waals surface area contributed by atoms with E-state index in [4.69, 9.17) is 0 Å². The van der Waals surface area contributed by atoms with Crippen LogP contribution >= 0.6 is 15.9 Å². The molecule has 1 fully saturated rings. The summed E-state index contributed by atoms with van der Waals surface area (Å²) in [4.78, 5) is 25.7. The molecule has 4 nitrogen and oxygen atoms in total. The average Bonchev–Trinajstić information content (AvgIpc) is 2.31. The van der Waals surface area contributed by atoms with Gasteiger partial charge in [0.2, 0.25) is 5.91 Å². The lowest BCUT2D eigenvalue weighted by molar-refractivity contribution is -0.136. The highest BCUT2D eigenvalue weighted by molar-refractivity contribution is 9.10. The molecule has 0 spiro atoms. The Bertz CT molecular complexity index is 560. The Hall–Kier alpha value is -1.43. The zero-order valence-corrected chi connectivity index (χ0v) is 12.4. The van der Waals surface area contributed by atoms with Crippen molar-refractivity contribution in [3.63, 3.8) is 0 Å². The van der Waals surface area contributed by atoms with Crippen molar-refractivity contribution in [2.75, 3.05) is 4.90 Å². The summed E-state index contributed by atoms with van der Waals surface area (Å²) in [6.07, 6.45) is 0. The van der Waals surface area contributed by atoms with Gasteiger partial charge in [-0.1, -0.05) is 0 Å². The number of nitrogens with one attached hydrogen (secondary N) is 1. The SMILES string of the molecule is CC1C(=O)NC(C)(C)C(=O)N1c1cc(F)ccc1Br. The van der Waals surface area contributed by atoms with Gasteiger partial charge in [-0.2, -0.15) is 0 Å². The number of halogens is 2. The van der Waals surface area contributed by atoms with Crippen molar-refractivity contribution in [2.45, 2.75) is 32.4 Å². The number of carbonyl (C=O) groups is 2. The zero-order valence-electron chi connectivity index (χ0n) is 10.8. The third-order valence-corrected chi connectivity index (χ3v) is 3.79. The van der Waals surface area contributed by atoms with Gasteiger partial charge in [0.25, 0.3) is 5.91 Å². The Morgan fingerprint density at radius 2 is 2.00 bits per heavy atom. The second kappa shape index (κ2) is 4.59. The lowest BCUT2D eigenvalue weighted by Gasteiger charge is -2.41. The Balaban J connectivity index is 2.54. The third kappa shape index (κ3) is 2.36. The molecule has 1 N–H and O–H groups in total. The van der Waals surface area contributed by atoms with Crippen LogP contribution in [0.4, 0.5) is 10.1 Å². The lowest BCUT2D eigenvalue weighted by Crippen LogP contribution is -2.67. The first-order chi connectivity index (χ1) is 8.74. The predicted molar refractivity (Wildman–Crippen MR) is 73.3 cm³/mol. The Morgan fingerprint density at radius 3 is 2.63 bits per heavy atom. The van der Waals surface area contributed by atoms with Gasteiger partial charge in [-0.15, -0.1) is 0 Å². The average molecular weight is 329 g/mol. The van der Waals surface area contributed by atoms with Gasteiger partial charge in [0.15, 0.2) is 0 Å². The topological polar surface area (TPSA) is 49.4 Å². The number of rotatable bonds is 1. The highest BCUT2D eigenvalue weighted by Crippen LogP contribution is 2.32. The van der Waals surface area contributed by atoms with Crippen molar-refractivity contribution in [3.8, 4) is 0 Å². The fourth-order valence-electron chi connectivity index (χ4n) is 2.05. The Labute approximate surface area is 119 Å². The smallest absolute Gasteiger partial charge is 0.252 e. The van der Waals surface area contributed by atoms with E-state index in [1.807, 2.05) is 0 Å². The van der Waals surface area contributed by atoms with E-state index in [1.165, 1.54) is 23.1 Å². The van der Waals surface area contributed by atoms with Crippen LogP contribution in [-0.4, -0.2) is 23.4 Å². The number of benzene rings is 1. The third-order valence-electron chi connectivity index (χ3n) is 3.12. The summed E-state index contributed by atoms with van der Waals surface area (Å²) in [7, 11) is 0. The number of amides is 2. The van der Waals surface area contributed by atoms with Crippen LogP contribution in [0.1, 0.15) is 20.8 Å². The molecule has 1 unspecified atom stereocenters. The van der Waals surface area contributed by atoms with Crippen molar-refractivity contribution < 1.29 is 14.0 Å². The van der Waals surface area contributed by atoms with Gasteiger partial charge in [-0.3, -0.25) is 14.5 Å². The minimum Gasteiger partial charge on any atom is -0.340 e. The highest BCUT2D eigenvalue weighted by Gasteiger charge is 2.44. The van der Waals surface area contributed by atoms with Crippen molar-refractivity contribution in [1.29, 1.82) is 0 Å². The molecule has 19 heavy (non-hydrogen) atoms. The molecule has 0 saturated carbocycles. The first-order valence-electron chi connectivity index (χ1n) is 5.85. The van der Waals surface area contributed by atoms with E-state index < -0.39 is 17.4 Å². The minimum atomic E-state index is -1.00. The van der Waals surface area contributed by atoms with Gasteiger partial charge < -0.3 is 5.32 Å². The normalized spacial score (nSPS) is 22.4. The van der Waals surface area contributed by atoms with E-state index in [9.17, 15) is 14.0 Å². The molecular weight excluding hydrogens is 315 g/mol. The monoisotopic (exact) mass is 328 g/mol. The molecule has 1 atom stereocenters. The molecule has 0 bridgehead atoms. The van der Waals surface area contributed by atoms with Gasteiger partial charge in [0.1, 0.15) is 17.4 Å². The van der Waals surface area contributed by atoms with Crippen LogP contribution in [0.3, 0.4) is 0 Å². The largest absolute Gasteiger partial charge is 0.340 e. The maximum absolute atomic E-state index is 13.4. The van der Waals surface area contributed by atoms with E-state index in [1.54, 1.807) is 20.8 Å². The summed E-state index contributed by atoms with van der Waals surface area (Å²) in [5, 5.41) is 2.65. The summed E-state index contributed by atoms with van der Waals surface area (Å²) < 4.78 is 14.0. The summed E-state index contributed by atoms with van der Waals surface area (Å²) in [6.45, 7) is 4.86. The van der Waals surface area contributed by atoms with Crippen molar-refractivity contribution in [2.24, 2.45) is 0 Å². The van der Waals surface area contributed by atoms with E-state index in [0.29, 0.717) is 10.2 Å². The molecule has 1 saturated heterocycles. The maximum Gasteiger partial charge on any atom is 0.252 e. The number of nitrogens with zero attached hydrogens (tertiary/aromatic N) is 1. The molecule has 0 radical (unpaired) electrons. The van der Waals surface area contributed by atoms with Gasteiger partial charge >= 0.3 is 0 Å². The van der Waals surface area contributed by atoms with Crippen LogP contribution in [0, 0.1) is 5.82 Å². The number of anilines is 1. The van der Waals surface area contributed by atoms with E-state index in [-0.39, 0.29) is 11.8 Å². The molecule has 0 aliphatic carbocycles. The van der Waals surface area contributed by atoms with Gasteiger partial charge in [-0.05, 0) is 54.9 Å². The Morgan fingerprint density at radius 1 is 1.37 bits per heavy atom. The van der Waals surface area contributed by atoms with Gasteiger partial charge in [-0.25, -0.2) is 4.39 Å². The molecule has 1 heterocycles. The van der Waals surface area contributed by atoms with Crippen LogP contribution in [0.25, 0.3) is 0 Å². The van der Waals surface area contributed by atoms with Gasteiger partial charge in [0, 0.05) is 4.47 Å². The number of hydrogen-bond donors (Lipinski definition) is 1. The van der Waals surface area contributed by atoms with Crippen molar-refractivity contribution in [1.82, 2.24) is 5.32 Å². The summed E-state index contributed by atoms with van der Waals surface area (Å²) in [5.74, 6) is -0.992. The fraction of sp³-hybridized carbons (Fsp3) is 0.385. The molecule has 2 amide bonds. The molecule has 2 rings (SSSR count). The molecule has 1 aliphatic heterocycles. The molecule has 1 aromatic carbocycles. The van der Waals surface area contributed by atoms with Crippen molar-refractivity contribution >= 4 is 33.4 Å². The number of hydrogen-bond acceptors (Lipinski definition) is 2. The molecule has 1 aliphatic rings. The summed E-state index contributed by atoms with van der Waals surface area (Å²) >= 11 is 3.29. The molecule has 0 aromatic heterocycles. The molecule has 1 aromatic rings. The number of carbonyl (C=O) groups excluding carboxylic acids is 2. The maximum atomic E-state index is 13.4. The van der Waals surface area contributed by atoms with E-state index in [0.717, 1.165) is 0 Å².